The van der Waals surface area contributed by atoms with E-state index in [9.17, 15) is 9.59 Å². The number of amides is 1. The van der Waals surface area contributed by atoms with E-state index in [0.717, 1.165) is 33.6 Å². The van der Waals surface area contributed by atoms with Crippen LogP contribution in [0.2, 0.25) is 0 Å². The first-order chi connectivity index (χ1) is 18.7. The summed E-state index contributed by atoms with van der Waals surface area (Å²) in [6, 6.07) is 13.9. The highest BCUT2D eigenvalue weighted by atomic mass is 32.2. The molecule has 4 rings (SSSR count). The molecule has 1 atom stereocenters. The molecule has 8 nitrogen and oxygen atoms in total. The van der Waals surface area contributed by atoms with E-state index in [-0.39, 0.29) is 17.8 Å². The number of benzene rings is 2. The van der Waals surface area contributed by atoms with Gasteiger partial charge in [-0.2, -0.15) is 0 Å². The number of aromatic nitrogens is 3. The Hall–Kier alpha value is -3.63. The van der Waals surface area contributed by atoms with Crippen molar-refractivity contribution >= 4 is 40.0 Å². The van der Waals surface area contributed by atoms with E-state index in [0.29, 0.717) is 28.1 Å². The molecule has 1 unspecified atom stereocenters. The van der Waals surface area contributed by atoms with Crippen LogP contribution in [-0.2, 0) is 16.1 Å². The predicted molar refractivity (Wildman–Crippen MR) is 156 cm³/mol. The third-order valence-corrected chi connectivity index (χ3v) is 7.92. The quantitative estimate of drug-likeness (QED) is 0.171. The Kier molecular flexibility index (Phi) is 9.08. The van der Waals surface area contributed by atoms with Crippen LogP contribution in [-0.4, -0.2) is 39.5 Å². The molecule has 10 heteroatoms. The van der Waals surface area contributed by atoms with Gasteiger partial charge in [0.2, 0.25) is 5.91 Å². The minimum Gasteiger partial charge on any atom is -0.483 e. The number of nitrogens with one attached hydrogen (secondary N) is 1. The van der Waals surface area contributed by atoms with E-state index in [2.05, 4.69) is 21.6 Å². The Morgan fingerprint density at radius 2 is 1.74 bits per heavy atom. The van der Waals surface area contributed by atoms with Gasteiger partial charge in [0.1, 0.15) is 16.3 Å². The molecule has 1 amide bonds. The summed E-state index contributed by atoms with van der Waals surface area (Å²) in [7, 11) is 1.33. The molecule has 0 aliphatic carbocycles. The van der Waals surface area contributed by atoms with Crippen molar-refractivity contribution in [1.29, 1.82) is 0 Å². The highest BCUT2D eigenvalue weighted by Crippen LogP contribution is 2.36. The summed E-state index contributed by atoms with van der Waals surface area (Å²) in [5.41, 5.74) is 5.33. The van der Waals surface area contributed by atoms with Crippen molar-refractivity contribution in [2.24, 2.45) is 0 Å². The largest absolute Gasteiger partial charge is 0.483 e. The van der Waals surface area contributed by atoms with Crippen molar-refractivity contribution in [2.75, 3.05) is 18.2 Å². The lowest BCUT2D eigenvalue weighted by molar-refractivity contribution is -0.113. The number of carbonyl (C=O) groups excluding carboxylic acids is 2. The van der Waals surface area contributed by atoms with Gasteiger partial charge >= 0.3 is 5.97 Å². The maximum absolute atomic E-state index is 12.9. The van der Waals surface area contributed by atoms with Crippen LogP contribution in [0.5, 0.6) is 5.75 Å². The minimum absolute atomic E-state index is 0.100. The monoisotopic (exact) mass is 564 g/mol. The summed E-state index contributed by atoms with van der Waals surface area (Å²) in [4.78, 5) is 25.6. The van der Waals surface area contributed by atoms with Crippen molar-refractivity contribution in [1.82, 2.24) is 14.8 Å². The molecule has 0 aliphatic rings. The maximum Gasteiger partial charge on any atom is 0.341 e. The van der Waals surface area contributed by atoms with Crippen molar-refractivity contribution in [2.45, 2.75) is 52.4 Å². The number of hydrogen-bond acceptors (Lipinski definition) is 8. The van der Waals surface area contributed by atoms with Crippen LogP contribution in [0, 0.1) is 20.8 Å². The lowest BCUT2D eigenvalue weighted by Crippen LogP contribution is -2.17. The van der Waals surface area contributed by atoms with Crippen molar-refractivity contribution < 1.29 is 19.1 Å². The van der Waals surface area contributed by atoms with Gasteiger partial charge in [-0.3, -0.25) is 4.79 Å². The highest BCUT2D eigenvalue weighted by Gasteiger charge is 2.23. The van der Waals surface area contributed by atoms with Gasteiger partial charge in [-0.05, 0) is 63.4 Å². The number of aryl methyl sites for hydroxylation is 3. The molecular weight excluding hydrogens is 532 g/mol. The van der Waals surface area contributed by atoms with Crippen molar-refractivity contribution in [3.05, 3.63) is 75.9 Å². The van der Waals surface area contributed by atoms with Gasteiger partial charge in [0.05, 0.1) is 12.9 Å². The minimum atomic E-state index is -0.497. The zero-order chi connectivity index (χ0) is 28.1. The van der Waals surface area contributed by atoms with E-state index in [1.54, 1.807) is 0 Å². The molecule has 204 valence electrons. The summed E-state index contributed by atoms with van der Waals surface area (Å²) in [6.07, 6.45) is -0.323. The number of nitrogens with zero attached hydrogens (tertiary/aromatic N) is 3. The zero-order valence-corrected chi connectivity index (χ0v) is 24.5. The number of rotatable bonds is 10. The van der Waals surface area contributed by atoms with Gasteiger partial charge in [0.15, 0.2) is 17.1 Å². The summed E-state index contributed by atoms with van der Waals surface area (Å²) in [6.45, 7) is 10.6. The Morgan fingerprint density at radius 1 is 1.05 bits per heavy atom. The summed E-state index contributed by atoms with van der Waals surface area (Å²) < 4.78 is 13.1. The highest BCUT2D eigenvalue weighted by molar-refractivity contribution is 7.99. The number of thiophene rings is 1. The van der Waals surface area contributed by atoms with Crippen LogP contribution in [0.1, 0.15) is 52.8 Å². The van der Waals surface area contributed by atoms with Crippen LogP contribution >= 0.6 is 23.1 Å². The second-order valence-corrected chi connectivity index (χ2v) is 11.0. The molecule has 2 aromatic heterocycles. The molecule has 0 bridgehead atoms. The van der Waals surface area contributed by atoms with E-state index < -0.39 is 5.97 Å². The third kappa shape index (κ3) is 6.69. The standard InChI is InChI=1S/C29H32N4O4S2/c1-7-33-26(20(5)37-22-13-18(3)12-19(4)14-22)31-32-29(33)39-16-24(34)30-27-25(28(35)36-6)23(15-38-27)21-10-8-17(2)9-11-21/h8-15,20H,7,16H2,1-6H3,(H,30,34). The Balaban J connectivity index is 1.46. The van der Waals surface area contributed by atoms with E-state index in [1.165, 1.54) is 30.2 Å². The predicted octanol–water partition coefficient (Wildman–Crippen LogP) is 6.61. The van der Waals surface area contributed by atoms with E-state index >= 15 is 0 Å². The van der Waals surface area contributed by atoms with Gasteiger partial charge < -0.3 is 19.4 Å². The normalized spacial score (nSPS) is 11.7. The number of ether oxygens (including phenoxy) is 2. The first-order valence-corrected chi connectivity index (χ1v) is 14.4. The molecule has 1 N–H and O–H groups in total. The number of hydrogen-bond donors (Lipinski definition) is 1. The van der Waals surface area contributed by atoms with Gasteiger partial charge in [-0.15, -0.1) is 21.5 Å². The molecule has 0 radical (unpaired) electrons. The van der Waals surface area contributed by atoms with Crippen LogP contribution in [0.3, 0.4) is 0 Å². The fourth-order valence-electron chi connectivity index (χ4n) is 4.26. The fourth-order valence-corrected chi connectivity index (χ4v) is 6.04. The number of methoxy groups -OCH3 is 1. The smallest absolute Gasteiger partial charge is 0.341 e. The SMILES string of the molecule is CCn1c(SCC(=O)Nc2scc(-c3ccc(C)cc3)c2C(=O)OC)nnc1C(C)Oc1cc(C)cc(C)c1. The zero-order valence-electron chi connectivity index (χ0n) is 22.9. The Labute approximate surface area is 236 Å². The second kappa shape index (κ2) is 12.5. The first kappa shape index (κ1) is 28.4. The lowest BCUT2D eigenvalue weighted by Gasteiger charge is -2.16. The van der Waals surface area contributed by atoms with E-state index in [1.807, 2.05) is 81.0 Å². The molecule has 0 aliphatic heterocycles. The average molecular weight is 565 g/mol. The molecule has 39 heavy (non-hydrogen) atoms. The molecule has 0 saturated carbocycles. The maximum atomic E-state index is 12.9. The molecule has 2 aromatic carbocycles. The molecule has 2 heterocycles. The van der Waals surface area contributed by atoms with Gasteiger partial charge in [0.25, 0.3) is 0 Å². The molecule has 4 aromatic rings. The van der Waals surface area contributed by atoms with Crippen LogP contribution in [0.25, 0.3) is 11.1 Å². The third-order valence-electron chi connectivity index (χ3n) is 6.06. The second-order valence-electron chi connectivity index (χ2n) is 9.22. The summed E-state index contributed by atoms with van der Waals surface area (Å²) in [5, 5.41) is 14.5. The summed E-state index contributed by atoms with van der Waals surface area (Å²) >= 11 is 2.58. The average Bonchev–Trinajstić information content (AvgIpc) is 3.51. The molecule has 0 spiro atoms. The first-order valence-electron chi connectivity index (χ1n) is 12.6. The molecule has 0 saturated heterocycles. The topological polar surface area (TPSA) is 95.3 Å². The Morgan fingerprint density at radius 3 is 2.38 bits per heavy atom. The van der Waals surface area contributed by atoms with Crippen LogP contribution in [0.15, 0.2) is 53.0 Å². The van der Waals surface area contributed by atoms with Gasteiger partial charge in [-0.1, -0.05) is 47.7 Å². The van der Waals surface area contributed by atoms with Gasteiger partial charge in [-0.25, -0.2) is 4.79 Å². The van der Waals surface area contributed by atoms with Crippen LogP contribution in [0.4, 0.5) is 5.00 Å². The summed E-state index contributed by atoms with van der Waals surface area (Å²) in [5.74, 6) is 0.815. The molecule has 0 fully saturated rings. The number of thioether (sulfide) groups is 1. The van der Waals surface area contributed by atoms with Crippen LogP contribution < -0.4 is 10.1 Å². The lowest BCUT2D eigenvalue weighted by atomic mass is 10.0. The van der Waals surface area contributed by atoms with Crippen molar-refractivity contribution in [3.63, 3.8) is 0 Å². The number of carbonyl (C=O) groups is 2. The van der Waals surface area contributed by atoms with Gasteiger partial charge in [0, 0.05) is 17.5 Å². The molecular formula is C29H32N4O4S2. The number of esters is 1. The Bertz CT molecular complexity index is 1460. The van der Waals surface area contributed by atoms with Crippen molar-refractivity contribution in [3.8, 4) is 16.9 Å². The van der Waals surface area contributed by atoms with E-state index in [4.69, 9.17) is 9.47 Å². The number of anilines is 1. The fraction of sp³-hybridized carbons (Fsp3) is 0.310.